The molecular weight excluding hydrogens is 282 g/mol. The van der Waals surface area contributed by atoms with Gasteiger partial charge < -0.3 is 14.7 Å². The van der Waals surface area contributed by atoms with Crippen LogP contribution in [0.15, 0.2) is 12.2 Å². The minimum absolute atomic E-state index is 0.0571. The molecule has 3 aliphatic rings. The van der Waals surface area contributed by atoms with Crippen LogP contribution < -0.4 is 0 Å². The smallest absolute Gasteiger partial charge is 0.410 e. The van der Waals surface area contributed by atoms with E-state index in [1.807, 2.05) is 20.8 Å². The molecular formula is C17H25NO4. The lowest BCUT2D eigenvalue weighted by molar-refractivity contribution is -0.143. The highest BCUT2D eigenvalue weighted by Gasteiger charge is 2.58. The maximum Gasteiger partial charge on any atom is 0.410 e. The summed E-state index contributed by atoms with van der Waals surface area (Å²) in [5.74, 6) is -0.427. The van der Waals surface area contributed by atoms with Crippen LogP contribution in [0.1, 0.15) is 40.0 Å². The van der Waals surface area contributed by atoms with Crippen molar-refractivity contribution in [2.45, 2.75) is 45.6 Å². The highest BCUT2D eigenvalue weighted by Crippen LogP contribution is 2.61. The number of aliphatic carboxylic acids is 1. The molecule has 0 unspecified atom stereocenters. The average Bonchev–Trinajstić information content (AvgIpc) is 2.90. The van der Waals surface area contributed by atoms with Crippen molar-refractivity contribution in [3.05, 3.63) is 12.2 Å². The molecule has 0 aromatic rings. The van der Waals surface area contributed by atoms with Crippen LogP contribution in [0, 0.1) is 23.2 Å². The SMILES string of the molecule is CC(C)(C)OC(=O)N1CCC2(CC1)[C@H]1C=C[C@H]2[C@H](C(=O)O)C1. The van der Waals surface area contributed by atoms with Crippen LogP contribution in [0.3, 0.4) is 0 Å². The molecule has 3 rings (SSSR count). The number of carboxylic acids is 1. The third-order valence-corrected chi connectivity index (χ3v) is 5.56. The van der Waals surface area contributed by atoms with E-state index in [1.54, 1.807) is 4.90 Å². The van der Waals surface area contributed by atoms with Crippen LogP contribution in [0.4, 0.5) is 4.79 Å². The molecule has 122 valence electrons. The van der Waals surface area contributed by atoms with E-state index in [-0.39, 0.29) is 23.3 Å². The fraction of sp³-hybridized carbons (Fsp3) is 0.765. The topological polar surface area (TPSA) is 66.8 Å². The lowest BCUT2D eigenvalue weighted by Gasteiger charge is -2.43. The van der Waals surface area contributed by atoms with Gasteiger partial charge in [0, 0.05) is 13.1 Å². The summed E-state index contributed by atoms with van der Waals surface area (Å²) < 4.78 is 5.43. The minimum atomic E-state index is -0.675. The van der Waals surface area contributed by atoms with E-state index in [4.69, 9.17) is 4.74 Å². The number of amides is 1. The van der Waals surface area contributed by atoms with Gasteiger partial charge in [-0.05, 0) is 57.3 Å². The van der Waals surface area contributed by atoms with E-state index < -0.39 is 11.6 Å². The van der Waals surface area contributed by atoms with Crippen molar-refractivity contribution in [1.82, 2.24) is 4.90 Å². The zero-order valence-electron chi connectivity index (χ0n) is 13.5. The predicted octanol–water partition coefficient (Wildman–Crippen LogP) is 2.91. The number of piperidine rings is 1. The molecule has 2 aliphatic carbocycles. The molecule has 3 atom stereocenters. The van der Waals surface area contributed by atoms with Gasteiger partial charge >= 0.3 is 12.1 Å². The summed E-state index contributed by atoms with van der Waals surface area (Å²) >= 11 is 0. The van der Waals surface area contributed by atoms with Crippen LogP contribution in [-0.4, -0.2) is 40.8 Å². The van der Waals surface area contributed by atoms with E-state index in [2.05, 4.69) is 12.2 Å². The quantitative estimate of drug-likeness (QED) is 0.756. The molecule has 1 N–H and O–H groups in total. The Morgan fingerprint density at radius 1 is 1.23 bits per heavy atom. The van der Waals surface area contributed by atoms with Crippen LogP contribution in [0.25, 0.3) is 0 Å². The fourth-order valence-electron chi connectivity index (χ4n) is 4.54. The van der Waals surface area contributed by atoms with Crippen molar-refractivity contribution in [1.29, 1.82) is 0 Å². The predicted molar refractivity (Wildman–Crippen MR) is 81.3 cm³/mol. The van der Waals surface area contributed by atoms with E-state index in [0.717, 1.165) is 19.3 Å². The number of nitrogens with zero attached hydrogens (tertiary/aromatic N) is 1. The number of carboxylic acid groups (broad SMARTS) is 1. The van der Waals surface area contributed by atoms with E-state index in [0.29, 0.717) is 19.0 Å². The Hall–Kier alpha value is -1.52. The van der Waals surface area contributed by atoms with Crippen LogP contribution in [-0.2, 0) is 9.53 Å². The first-order valence-corrected chi connectivity index (χ1v) is 8.12. The van der Waals surface area contributed by atoms with Crippen molar-refractivity contribution in [3.8, 4) is 0 Å². The lowest BCUT2D eigenvalue weighted by Crippen LogP contribution is -2.47. The molecule has 2 bridgehead atoms. The molecule has 1 amide bonds. The molecule has 0 radical (unpaired) electrons. The number of ether oxygens (including phenoxy) is 1. The molecule has 1 spiro atoms. The Labute approximate surface area is 131 Å². The highest BCUT2D eigenvalue weighted by molar-refractivity contribution is 5.72. The minimum Gasteiger partial charge on any atom is -0.481 e. The van der Waals surface area contributed by atoms with Gasteiger partial charge in [0.15, 0.2) is 0 Å². The van der Waals surface area contributed by atoms with Gasteiger partial charge in [-0.2, -0.15) is 0 Å². The summed E-state index contributed by atoms with van der Waals surface area (Å²) in [6.45, 7) is 6.94. The van der Waals surface area contributed by atoms with Crippen molar-refractivity contribution < 1.29 is 19.4 Å². The summed E-state index contributed by atoms with van der Waals surface area (Å²) in [5.41, 5.74) is -0.421. The van der Waals surface area contributed by atoms with Gasteiger partial charge in [-0.1, -0.05) is 12.2 Å². The highest BCUT2D eigenvalue weighted by atomic mass is 16.6. The monoisotopic (exact) mass is 307 g/mol. The van der Waals surface area contributed by atoms with Gasteiger partial charge in [-0.3, -0.25) is 4.79 Å². The Bertz CT molecular complexity index is 511. The van der Waals surface area contributed by atoms with E-state index >= 15 is 0 Å². The lowest BCUT2D eigenvalue weighted by atomic mass is 9.68. The maximum atomic E-state index is 12.2. The molecule has 2 fully saturated rings. The first kappa shape index (κ1) is 15.4. The molecule has 5 nitrogen and oxygen atoms in total. The number of likely N-dealkylation sites (tertiary alicyclic amines) is 1. The summed E-state index contributed by atoms with van der Waals surface area (Å²) in [4.78, 5) is 25.4. The third-order valence-electron chi connectivity index (χ3n) is 5.56. The largest absolute Gasteiger partial charge is 0.481 e. The van der Waals surface area contributed by atoms with Crippen LogP contribution >= 0.6 is 0 Å². The summed E-state index contributed by atoms with van der Waals surface area (Å²) in [7, 11) is 0. The second kappa shape index (κ2) is 5.00. The Morgan fingerprint density at radius 2 is 1.86 bits per heavy atom. The van der Waals surface area contributed by atoms with Crippen molar-refractivity contribution in [3.63, 3.8) is 0 Å². The fourth-order valence-corrected chi connectivity index (χ4v) is 4.54. The number of carbonyl (C=O) groups is 2. The third kappa shape index (κ3) is 2.40. The molecule has 0 aromatic carbocycles. The van der Waals surface area contributed by atoms with Gasteiger partial charge in [0.25, 0.3) is 0 Å². The number of hydrogen-bond donors (Lipinski definition) is 1. The van der Waals surface area contributed by atoms with Crippen LogP contribution in [0.5, 0.6) is 0 Å². The van der Waals surface area contributed by atoms with Crippen molar-refractivity contribution in [2.75, 3.05) is 13.1 Å². The summed E-state index contributed by atoms with van der Waals surface area (Å²) in [6, 6.07) is 0. The summed E-state index contributed by atoms with van der Waals surface area (Å²) in [6.07, 6.45) is 6.55. The Balaban J connectivity index is 1.65. The van der Waals surface area contributed by atoms with E-state index in [9.17, 15) is 14.7 Å². The second-order valence-corrected chi connectivity index (χ2v) is 7.90. The van der Waals surface area contributed by atoms with Crippen molar-refractivity contribution >= 4 is 12.1 Å². The zero-order chi connectivity index (χ0) is 16.1. The van der Waals surface area contributed by atoms with Crippen molar-refractivity contribution in [2.24, 2.45) is 23.2 Å². The molecule has 1 saturated carbocycles. The molecule has 22 heavy (non-hydrogen) atoms. The number of rotatable bonds is 1. The first-order valence-electron chi connectivity index (χ1n) is 8.12. The van der Waals surface area contributed by atoms with E-state index in [1.165, 1.54) is 0 Å². The molecule has 0 aromatic heterocycles. The first-order chi connectivity index (χ1) is 10.2. The molecule has 1 saturated heterocycles. The van der Waals surface area contributed by atoms with Gasteiger partial charge in [-0.25, -0.2) is 4.79 Å². The number of allylic oxidation sites excluding steroid dienone is 2. The molecule has 5 heteroatoms. The van der Waals surface area contributed by atoms with Gasteiger partial charge in [0.05, 0.1) is 5.92 Å². The van der Waals surface area contributed by atoms with Crippen LogP contribution in [0.2, 0.25) is 0 Å². The Morgan fingerprint density at radius 3 is 2.36 bits per heavy atom. The van der Waals surface area contributed by atoms with Gasteiger partial charge in [0.2, 0.25) is 0 Å². The Kier molecular flexibility index (Phi) is 3.49. The molecule has 1 aliphatic heterocycles. The average molecular weight is 307 g/mol. The van der Waals surface area contributed by atoms with Gasteiger partial charge in [0.1, 0.15) is 5.60 Å². The number of carbonyl (C=O) groups excluding carboxylic acids is 1. The van der Waals surface area contributed by atoms with Gasteiger partial charge in [-0.15, -0.1) is 0 Å². The zero-order valence-corrected chi connectivity index (χ0v) is 13.5. The summed E-state index contributed by atoms with van der Waals surface area (Å²) in [5, 5.41) is 9.40. The normalized spacial score (nSPS) is 32.5. The second-order valence-electron chi connectivity index (χ2n) is 7.90. The molecule has 1 heterocycles. The maximum absolute atomic E-state index is 12.2. The number of hydrogen-bond acceptors (Lipinski definition) is 3. The standard InChI is InChI=1S/C17H25NO4/c1-16(2,3)22-15(21)18-8-6-17(7-9-18)11-4-5-13(17)12(10-11)14(19)20/h4-5,11-13H,6-10H2,1-3H3,(H,19,20)/t11-,12+,13-/m0/s1.